The quantitative estimate of drug-likeness (QED) is 0.835. The van der Waals surface area contributed by atoms with Crippen molar-refractivity contribution in [3.8, 4) is 0 Å². The van der Waals surface area contributed by atoms with Gasteiger partial charge in [-0.3, -0.25) is 0 Å². The predicted molar refractivity (Wildman–Crippen MR) is 64.3 cm³/mol. The van der Waals surface area contributed by atoms with E-state index >= 15 is 0 Å². The Morgan fingerprint density at radius 1 is 1.50 bits per heavy atom. The van der Waals surface area contributed by atoms with Crippen molar-refractivity contribution in [2.45, 2.75) is 25.4 Å². The summed E-state index contributed by atoms with van der Waals surface area (Å²) in [5, 5.41) is 13.2. The van der Waals surface area contributed by atoms with Crippen molar-refractivity contribution in [3.05, 3.63) is 34.6 Å². The van der Waals surface area contributed by atoms with E-state index in [-0.39, 0.29) is 5.02 Å². The zero-order valence-corrected chi connectivity index (χ0v) is 10.3. The minimum atomic E-state index is -0.801. The molecule has 0 aromatic heterocycles. The third-order valence-corrected chi connectivity index (χ3v) is 2.77. The molecule has 0 aliphatic rings. The molecule has 0 aliphatic heterocycles. The van der Waals surface area contributed by atoms with Crippen molar-refractivity contribution < 1.29 is 9.50 Å². The Balaban J connectivity index is 2.68. The highest BCUT2D eigenvalue weighted by atomic mass is 35.5. The van der Waals surface area contributed by atoms with E-state index in [1.807, 2.05) is 7.05 Å². The lowest BCUT2D eigenvalue weighted by Gasteiger charge is -2.23. The van der Waals surface area contributed by atoms with Crippen LogP contribution in [0.2, 0.25) is 5.02 Å². The van der Waals surface area contributed by atoms with Crippen LogP contribution in [0.5, 0.6) is 0 Å². The topological polar surface area (TPSA) is 32.3 Å². The zero-order valence-electron chi connectivity index (χ0n) is 9.56. The number of hydrogen-bond acceptors (Lipinski definition) is 2. The Morgan fingerprint density at radius 2 is 2.19 bits per heavy atom. The number of hydrogen-bond donors (Lipinski definition) is 2. The molecule has 0 bridgehead atoms. The smallest absolute Gasteiger partial charge is 0.141 e. The molecule has 1 aromatic carbocycles. The summed E-state index contributed by atoms with van der Waals surface area (Å²) in [5.74, 6) is -0.430. The van der Waals surface area contributed by atoms with Gasteiger partial charge >= 0.3 is 0 Å². The predicted octanol–water partition coefficient (Wildman–Crippen LogP) is 2.38. The van der Waals surface area contributed by atoms with Crippen LogP contribution in [0, 0.1) is 5.82 Å². The molecule has 0 fully saturated rings. The van der Waals surface area contributed by atoms with Crippen LogP contribution in [-0.4, -0.2) is 24.3 Å². The van der Waals surface area contributed by atoms with E-state index in [1.165, 1.54) is 6.07 Å². The third-order valence-electron chi connectivity index (χ3n) is 2.48. The largest absolute Gasteiger partial charge is 0.390 e. The van der Waals surface area contributed by atoms with Gasteiger partial charge in [0.2, 0.25) is 0 Å². The fraction of sp³-hybridized carbons (Fsp3) is 0.500. The summed E-state index contributed by atoms with van der Waals surface area (Å²) in [6, 6.07) is 4.53. The molecule has 0 spiro atoms. The van der Waals surface area contributed by atoms with Gasteiger partial charge in [0, 0.05) is 6.42 Å². The molecule has 2 nitrogen and oxygen atoms in total. The second kappa shape index (κ2) is 5.62. The number of rotatable bonds is 5. The zero-order chi connectivity index (χ0) is 12.2. The minimum absolute atomic E-state index is 0.0990. The molecular weight excluding hydrogens is 229 g/mol. The van der Waals surface area contributed by atoms with E-state index in [0.29, 0.717) is 12.8 Å². The second-order valence-electron chi connectivity index (χ2n) is 4.28. The molecule has 0 aliphatic carbocycles. The summed E-state index contributed by atoms with van der Waals surface area (Å²) in [6.07, 6.45) is 1.10. The lowest BCUT2D eigenvalue weighted by Crippen LogP contribution is -2.31. The average molecular weight is 246 g/mol. The first-order valence-corrected chi connectivity index (χ1v) is 5.63. The van der Waals surface area contributed by atoms with Crippen LogP contribution in [0.4, 0.5) is 4.39 Å². The molecule has 0 saturated carbocycles. The molecule has 0 radical (unpaired) electrons. The molecule has 1 aromatic rings. The Bertz CT molecular complexity index is 355. The molecule has 90 valence electrons. The van der Waals surface area contributed by atoms with Crippen molar-refractivity contribution in [3.63, 3.8) is 0 Å². The van der Waals surface area contributed by atoms with Gasteiger partial charge in [0.15, 0.2) is 0 Å². The summed E-state index contributed by atoms with van der Waals surface area (Å²) in [7, 11) is 1.84. The third kappa shape index (κ3) is 4.08. The molecule has 0 saturated heterocycles. The van der Waals surface area contributed by atoms with Crippen LogP contribution in [-0.2, 0) is 6.42 Å². The Labute approximate surface area is 100 Å². The maximum atomic E-state index is 12.9. The standard InChI is InChI=1S/C12H17ClFNO/c1-12(16,5-6-15-2)8-9-3-4-11(14)10(13)7-9/h3-4,7,15-16H,5-6,8H2,1-2H3. The minimum Gasteiger partial charge on any atom is -0.390 e. The molecule has 16 heavy (non-hydrogen) atoms. The van der Waals surface area contributed by atoms with E-state index < -0.39 is 11.4 Å². The van der Waals surface area contributed by atoms with Gasteiger partial charge in [0.25, 0.3) is 0 Å². The van der Waals surface area contributed by atoms with Crippen LogP contribution < -0.4 is 5.32 Å². The normalized spacial score (nSPS) is 14.8. The van der Waals surface area contributed by atoms with Crippen LogP contribution in [0.3, 0.4) is 0 Å². The Kier molecular flexibility index (Phi) is 4.71. The highest BCUT2D eigenvalue weighted by Crippen LogP contribution is 2.21. The number of nitrogens with one attached hydrogen (secondary N) is 1. The van der Waals surface area contributed by atoms with Gasteiger partial charge in [-0.15, -0.1) is 0 Å². The van der Waals surface area contributed by atoms with Crippen molar-refractivity contribution in [1.82, 2.24) is 5.32 Å². The van der Waals surface area contributed by atoms with Crippen LogP contribution in [0.25, 0.3) is 0 Å². The molecule has 2 N–H and O–H groups in total. The number of halogens is 2. The summed E-state index contributed by atoms with van der Waals surface area (Å²) in [6.45, 7) is 2.50. The summed E-state index contributed by atoms with van der Waals surface area (Å²) < 4.78 is 12.9. The van der Waals surface area contributed by atoms with Crippen molar-refractivity contribution >= 4 is 11.6 Å². The maximum absolute atomic E-state index is 12.9. The lowest BCUT2D eigenvalue weighted by molar-refractivity contribution is 0.0520. The first-order valence-electron chi connectivity index (χ1n) is 5.25. The van der Waals surface area contributed by atoms with Gasteiger partial charge in [-0.05, 0) is 44.6 Å². The Morgan fingerprint density at radius 3 is 2.75 bits per heavy atom. The lowest BCUT2D eigenvalue weighted by atomic mass is 9.93. The second-order valence-corrected chi connectivity index (χ2v) is 4.68. The molecule has 1 atom stereocenters. The van der Waals surface area contributed by atoms with Gasteiger partial charge < -0.3 is 10.4 Å². The first kappa shape index (κ1) is 13.4. The summed E-state index contributed by atoms with van der Waals surface area (Å²) >= 11 is 5.68. The van der Waals surface area contributed by atoms with E-state index in [4.69, 9.17) is 11.6 Å². The molecule has 4 heteroatoms. The first-order chi connectivity index (χ1) is 7.44. The van der Waals surface area contributed by atoms with Crippen molar-refractivity contribution in [2.75, 3.05) is 13.6 Å². The number of aliphatic hydroxyl groups is 1. The van der Waals surface area contributed by atoms with Gasteiger partial charge in [0.1, 0.15) is 5.82 Å². The monoisotopic (exact) mass is 245 g/mol. The van der Waals surface area contributed by atoms with Crippen molar-refractivity contribution in [2.24, 2.45) is 0 Å². The molecule has 1 unspecified atom stereocenters. The van der Waals surface area contributed by atoms with Gasteiger partial charge in [-0.25, -0.2) is 4.39 Å². The van der Waals surface area contributed by atoms with E-state index in [1.54, 1.807) is 19.1 Å². The average Bonchev–Trinajstić information content (AvgIpc) is 2.20. The fourth-order valence-corrected chi connectivity index (χ4v) is 1.78. The van der Waals surface area contributed by atoms with E-state index in [0.717, 1.165) is 12.1 Å². The summed E-state index contributed by atoms with van der Waals surface area (Å²) in [5.41, 5.74) is 0.0389. The molecule has 0 heterocycles. The highest BCUT2D eigenvalue weighted by Gasteiger charge is 2.20. The van der Waals surface area contributed by atoms with Crippen LogP contribution in [0.15, 0.2) is 18.2 Å². The molecular formula is C12H17ClFNO. The SMILES string of the molecule is CNCCC(C)(O)Cc1ccc(F)c(Cl)c1. The van der Waals surface area contributed by atoms with Crippen molar-refractivity contribution in [1.29, 1.82) is 0 Å². The van der Waals surface area contributed by atoms with Crippen LogP contribution >= 0.6 is 11.6 Å². The van der Waals surface area contributed by atoms with Gasteiger partial charge in [-0.2, -0.15) is 0 Å². The highest BCUT2D eigenvalue weighted by molar-refractivity contribution is 6.30. The van der Waals surface area contributed by atoms with Gasteiger partial charge in [-0.1, -0.05) is 17.7 Å². The Hall–Kier alpha value is -0.640. The van der Waals surface area contributed by atoms with Crippen LogP contribution in [0.1, 0.15) is 18.9 Å². The van der Waals surface area contributed by atoms with Gasteiger partial charge in [0.05, 0.1) is 10.6 Å². The molecule has 0 amide bonds. The van der Waals surface area contributed by atoms with E-state index in [2.05, 4.69) is 5.32 Å². The summed E-state index contributed by atoms with van der Waals surface area (Å²) in [4.78, 5) is 0. The molecule has 1 rings (SSSR count). The number of benzene rings is 1. The maximum Gasteiger partial charge on any atom is 0.141 e. The fourth-order valence-electron chi connectivity index (χ4n) is 1.57. The van der Waals surface area contributed by atoms with E-state index in [9.17, 15) is 9.50 Å².